The predicted octanol–water partition coefficient (Wildman–Crippen LogP) is 5.68. The SMILES string of the molecule is Clc1cc(Nc2ncnc3ccc(C4CCCNC4)cc23)ncc1Oc1ccccc1. The first-order chi connectivity index (χ1) is 15.3. The molecule has 0 bridgehead atoms. The second-order valence-electron chi connectivity index (χ2n) is 7.58. The summed E-state index contributed by atoms with van der Waals surface area (Å²) in [5, 5.41) is 8.20. The molecule has 7 heteroatoms. The number of piperidine rings is 1. The smallest absolute Gasteiger partial charge is 0.164 e. The number of fused-ring (bicyclic) bond motifs is 1. The minimum Gasteiger partial charge on any atom is -0.454 e. The number of halogens is 1. The second kappa shape index (κ2) is 8.88. The molecule has 0 amide bonds. The number of benzene rings is 2. The Hall–Kier alpha value is -3.22. The van der Waals surface area contributed by atoms with Gasteiger partial charge in [-0.15, -0.1) is 0 Å². The molecular formula is C24H22ClN5O. The van der Waals surface area contributed by atoms with Crippen molar-refractivity contribution >= 4 is 34.1 Å². The molecule has 2 aromatic heterocycles. The number of aromatic nitrogens is 3. The van der Waals surface area contributed by atoms with E-state index in [2.05, 4.69) is 43.8 Å². The molecule has 4 aromatic rings. The molecule has 1 aliphatic heterocycles. The fraction of sp³-hybridized carbons (Fsp3) is 0.208. The number of anilines is 2. The highest BCUT2D eigenvalue weighted by Gasteiger charge is 2.17. The fourth-order valence-corrected chi connectivity index (χ4v) is 4.05. The number of hydrogen-bond donors (Lipinski definition) is 2. The molecule has 156 valence electrons. The van der Waals surface area contributed by atoms with Crippen molar-refractivity contribution in [2.75, 3.05) is 18.4 Å². The van der Waals surface area contributed by atoms with Crippen LogP contribution in [0.5, 0.6) is 11.5 Å². The van der Waals surface area contributed by atoms with Crippen molar-refractivity contribution in [1.82, 2.24) is 20.3 Å². The standard InChI is InChI=1S/C24H22ClN5O/c25-20-12-23(27-14-22(20)31-18-6-2-1-3-7-18)30-24-19-11-16(17-5-4-10-26-13-17)8-9-21(19)28-15-29-24/h1-3,6-9,11-12,14-15,17,26H,4-5,10,13H2,(H,27,28,29,30). The van der Waals surface area contributed by atoms with E-state index in [-0.39, 0.29) is 0 Å². The average molecular weight is 432 g/mol. The van der Waals surface area contributed by atoms with Gasteiger partial charge in [-0.05, 0) is 55.1 Å². The lowest BCUT2D eigenvalue weighted by molar-refractivity contribution is 0.462. The Labute approximate surface area is 185 Å². The van der Waals surface area contributed by atoms with Gasteiger partial charge in [0.1, 0.15) is 23.7 Å². The molecule has 0 saturated carbocycles. The van der Waals surface area contributed by atoms with Gasteiger partial charge in [0.15, 0.2) is 5.75 Å². The minimum atomic E-state index is 0.466. The summed E-state index contributed by atoms with van der Waals surface area (Å²) in [5.74, 6) is 3.01. The maximum atomic E-state index is 6.45. The number of nitrogens with zero attached hydrogens (tertiary/aromatic N) is 3. The quantitative estimate of drug-likeness (QED) is 0.423. The van der Waals surface area contributed by atoms with Gasteiger partial charge in [0.25, 0.3) is 0 Å². The number of rotatable bonds is 5. The summed E-state index contributed by atoms with van der Waals surface area (Å²) in [7, 11) is 0. The molecule has 3 heterocycles. The van der Waals surface area contributed by atoms with E-state index in [0.717, 1.165) is 24.0 Å². The maximum Gasteiger partial charge on any atom is 0.164 e. The Kier molecular flexibility index (Phi) is 5.65. The molecular weight excluding hydrogens is 410 g/mol. The summed E-state index contributed by atoms with van der Waals surface area (Å²) in [5.41, 5.74) is 2.19. The Morgan fingerprint density at radius 1 is 1.03 bits per heavy atom. The van der Waals surface area contributed by atoms with E-state index in [1.165, 1.54) is 18.4 Å². The first-order valence-corrected chi connectivity index (χ1v) is 10.7. The van der Waals surface area contributed by atoms with Gasteiger partial charge in [-0.1, -0.05) is 35.9 Å². The van der Waals surface area contributed by atoms with Crippen LogP contribution < -0.4 is 15.4 Å². The zero-order valence-corrected chi connectivity index (χ0v) is 17.6. The predicted molar refractivity (Wildman–Crippen MR) is 123 cm³/mol. The number of hydrogen-bond acceptors (Lipinski definition) is 6. The van der Waals surface area contributed by atoms with Crippen molar-refractivity contribution in [1.29, 1.82) is 0 Å². The summed E-state index contributed by atoms with van der Waals surface area (Å²) in [6, 6.07) is 17.6. The van der Waals surface area contributed by atoms with Gasteiger partial charge in [-0.3, -0.25) is 0 Å². The zero-order chi connectivity index (χ0) is 21.0. The van der Waals surface area contributed by atoms with Crippen LogP contribution in [0, 0.1) is 0 Å². The lowest BCUT2D eigenvalue weighted by Gasteiger charge is -2.23. The Balaban J connectivity index is 1.41. The van der Waals surface area contributed by atoms with E-state index in [4.69, 9.17) is 16.3 Å². The summed E-state index contributed by atoms with van der Waals surface area (Å²) in [4.78, 5) is 13.3. The van der Waals surface area contributed by atoms with E-state index in [1.807, 2.05) is 30.3 Å². The molecule has 6 nitrogen and oxygen atoms in total. The maximum absolute atomic E-state index is 6.45. The molecule has 31 heavy (non-hydrogen) atoms. The van der Waals surface area contributed by atoms with Crippen LogP contribution in [0.25, 0.3) is 10.9 Å². The summed E-state index contributed by atoms with van der Waals surface area (Å²) >= 11 is 6.45. The van der Waals surface area contributed by atoms with Gasteiger partial charge in [0, 0.05) is 18.0 Å². The molecule has 1 unspecified atom stereocenters. The molecule has 1 fully saturated rings. The van der Waals surface area contributed by atoms with Crippen molar-refractivity contribution in [3.8, 4) is 11.5 Å². The molecule has 0 aliphatic carbocycles. The molecule has 1 saturated heterocycles. The largest absolute Gasteiger partial charge is 0.454 e. The highest BCUT2D eigenvalue weighted by Crippen LogP contribution is 2.32. The van der Waals surface area contributed by atoms with Crippen molar-refractivity contribution < 1.29 is 4.74 Å². The second-order valence-corrected chi connectivity index (χ2v) is 7.99. The summed E-state index contributed by atoms with van der Waals surface area (Å²) in [6.07, 6.45) is 5.55. The van der Waals surface area contributed by atoms with Gasteiger partial charge in [-0.25, -0.2) is 15.0 Å². The van der Waals surface area contributed by atoms with E-state index >= 15 is 0 Å². The third kappa shape index (κ3) is 4.45. The first kappa shape index (κ1) is 19.7. The highest BCUT2D eigenvalue weighted by atomic mass is 35.5. The van der Waals surface area contributed by atoms with Crippen LogP contribution in [0.3, 0.4) is 0 Å². The number of para-hydroxylation sites is 1. The molecule has 5 rings (SSSR count). The molecule has 1 atom stereocenters. The van der Waals surface area contributed by atoms with Crippen LogP contribution in [0.15, 0.2) is 67.1 Å². The topological polar surface area (TPSA) is 72.0 Å². The Morgan fingerprint density at radius 3 is 2.74 bits per heavy atom. The highest BCUT2D eigenvalue weighted by molar-refractivity contribution is 6.32. The van der Waals surface area contributed by atoms with Gasteiger partial charge in [-0.2, -0.15) is 0 Å². The molecule has 1 aliphatic rings. The van der Waals surface area contributed by atoms with Gasteiger partial charge >= 0.3 is 0 Å². The molecule has 2 aromatic carbocycles. The normalized spacial score (nSPS) is 16.2. The first-order valence-electron chi connectivity index (χ1n) is 10.4. The summed E-state index contributed by atoms with van der Waals surface area (Å²) < 4.78 is 5.81. The third-order valence-corrected chi connectivity index (χ3v) is 5.76. The van der Waals surface area contributed by atoms with Crippen LogP contribution in [0.4, 0.5) is 11.6 Å². The zero-order valence-electron chi connectivity index (χ0n) is 16.9. The molecule has 0 radical (unpaired) electrons. The molecule has 2 N–H and O–H groups in total. The average Bonchev–Trinajstić information content (AvgIpc) is 2.82. The van der Waals surface area contributed by atoms with E-state index in [9.17, 15) is 0 Å². The lowest BCUT2D eigenvalue weighted by Crippen LogP contribution is -2.28. The lowest BCUT2D eigenvalue weighted by atomic mass is 9.91. The minimum absolute atomic E-state index is 0.466. The van der Waals surface area contributed by atoms with Crippen LogP contribution in [-0.4, -0.2) is 28.0 Å². The van der Waals surface area contributed by atoms with Crippen molar-refractivity contribution in [3.63, 3.8) is 0 Å². The Morgan fingerprint density at radius 2 is 1.94 bits per heavy atom. The van der Waals surface area contributed by atoms with E-state index in [1.54, 1.807) is 18.6 Å². The monoisotopic (exact) mass is 431 g/mol. The number of nitrogens with one attached hydrogen (secondary N) is 2. The van der Waals surface area contributed by atoms with Gasteiger partial charge < -0.3 is 15.4 Å². The number of ether oxygens (including phenoxy) is 1. The number of pyridine rings is 1. The third-order valence-electron chi connectivity index (χ3n) is 5.46. The van der Waals surface area contributed by atoms with Crippen LogP contribution in [-0.2, 0) is 0 Å². The van der Waals surface area contributed by atoms with Crippen molar-refractivity contribution in [2.24, 2.45) is 0 Å². The summed E-state index contributed by atoms with van der Waals surface area (Å²) in [6.45, 7) is 2.10. The van der Waals surface area contributed by atoms with Gasteiger partial charge in [0.2, 0.25) is 0 Å². The molecule has 0 spiro atoms. The van der Waals surface area contributed by atoms with Crippen LogP contribution in [0.2, 0.25) is 5.02 Å². The van der Waals surface area contributed by atoms with E-state index in [0.29, 0.717) is 34.1 Å². The van der Waals surface area contributed by atoms with Crippen LogP contribution in [0.1, 0.15) is 24.3 Å². The van der Waals surface area contributed by atoms with E-state index < -0.39 is 0 Å². The van der Waals surface area contributed by atoms with Crippen molar-refractivity contribution in [2.45, 2.75) is 18.8 Å². The van der Waals surface area contributed by atoms with Gasteiger partial charge in [0.05, 0.1) is 16.7 Å². The Bertz CT molecular complexity index is 1200. The fourth-order valence-electron chi connectivity index (χ4n) is 3.86. The van der Waals surface area contributed by atoms with Crippen LogP contribution >= 0.6 is 11.6 Å². The van der Waals surface area contributed by atoms with Crippen molar-refractivity contribution in [3.05, 3.63) is 77.7 Å².